The number of hydrogen-bond donors (Lipinski definition) is 1. The highest BCUT2D eigenvalue weighted by Crippen LogP contribution is 2.26. The largest absolute Gasteiger partial charge is 0.387 e. The summed E-state index contributed by atoms with van der Waals surface area (Å²) < 4.78 is 5.20. The highest BCUT2D eigenvalue weighted by Gasteiger charge is 2.33. The van der Waals surface area contributed by atoms with Gasteiger partial charge in [0.2, 0.25) is 0 Å². The maximum atomic E-state index is 10.1. The molecule has 0 aromatic carbocycles. The van der Waals surface area contributed by atoms with Gasteiger partial charge in [-0.3, -0.25) is 0 Å². The molecule has 0 radical (unpaired) electrons. The SMILES string of the molecule is Cc1nc(CC2(O)CCOC2)sc1C. The van der Waals surface area contributed by atoms with Crippen molar-refractivity contribution in [3.8, 4) is 0 Å². The summed E-state index contributed by atoms with van der Waals surface area (Å²) in [4.78, 5) is 5.66. The van der Waals surface area contributed by atoms with E-state index in [4.69, 9.17) is 4.74 Å². The van der Waals surface area contributed by atoms with Gasteiger partial charge >= 0.3 is 0 Å². The minimum Gasteiger partial charge on any atom is -0.387 e. The van der Waals surface area contributed by atoms with Crippen molar-refractivity contribution in [3.63, 3.8) is 0 Å². The zero-order chi connectivity index (χ0) is 10.2. The van der Waals surface area contributed by atoms with Gasteiger partial charge in [-0.25, -0.2) is 4.98 Å². The highest BCUT2D eigenvalue weighted by atomic mass is 32.1. The molecule has 2 rings (SSSR count). The third-order valence-corrected chi connectivity index (χ3v) is 3.71. The van der Waals surface area contributed by atoms with Crippen LogP contribution in [0.5, 0.6) is 0 Å². The molecule has 1 fully saturated rings. The summed E-state index contributed by atoms with van der Waals surface area (Å²) in [6.07, 6.45) is 1.36. The Morgan fingerprint density at radius 3 is 2.86 bits per heavy atom. The van der Waals surface area contributed by atoms with Crippen LogP contribution in [-0.4, -0.2) is 28.9 Å². The zero-order valence-corrected chi connectivity index (χ0v) is 9.36. The van der Waals surface area contributed by atoms with Crippen molar-refractivity contribution in [2.45, 2.75) is 32.3 Å². The van der Waals surface area contributed by atoms with Crippen LogP contribution in [-0.2, 0) is 11.2 Å². The molecule has 0 aliphatic carbocycles. The van der Waals surface area contributed by atoms with E-state index < -0.39 is 5.60 Å². The van der Waals surface area contributed by atoms with Gasteiger partial charge in [0, 0.05) is 24.3 Å². The third kappa shape index (κ3) is 1.97. The average Bonchev–Trinajstić information content (AvgIpc) is 2.62. The van der Waals surface area contributed by atoms with E-state index in [0.717, 1.165) is 17.1 Å². The molecule has 0 amide bonds. The van der Waals surface area contributed by atoms with Crippen LogP contribution in [0.25, 0.3) is 0 Å². The summed E-state index contributed by atoms with van der Waals surface area (Å²) >= 11 is 1.67. The Bertz CT molecular complexity index is 309. The van der Waals surface area contributed by atoms with Crippen LogP contribution in [0, 0.1) is 13.8 Å². The summed E-state index contributed by atoms with van der Waals surface area (Å²) in [5, 5.41) is 11.1. The standard InChI is InChI=1S/C10H15NO2S/c1-7-8(2)14-9(11-7)5-10(12)3-4-13-6-10/h12H,3-6H2,1-2H3. The monoisotopic (exact) mass is 213 g/mol. The number of aliphatic hydroxyl groups is 1. The number of nitrogens with zero attached hydrogens (tertiary/aromatic N) is 1. The number of aromatic nitrogens is 1. The predicted octanol–water partition coefficient (Wildman–Crippen LogP) is 1.45. The number of ether oxygens (including phenoxy) is 1. The molecule has 1 aliphatic rings. The molecule has 1 aliphatic heterocycles. The Kier molecular flexibility index (Phi) is 2.60. The second kappa shape index (κ2) is 3.61. The van der Waals surface area contributed by atoms with Crippen LogP contribution >= 0.6 is 11.3 Å². The van der Waals surface area contributed by atoms with Crippen molar-refractivity contribution in [1.29, 1.82) is 0 Å². The summed E-state index contributed by atoms with van der Waals surface area (Å²) in [6, 6.07) is 0. The van der Waals surface area contributed by atoms with Gasteiger partial charge in [-0.15, -0.1) is 11.3 Å². The van der Waals surface area contributed by atoms with E-state index in [-0.39, 0.29) is 0 Å². The number of aryl methyl sites for hydroxylation is 2. The fraction of sp³-hybridized carbons (Fsp3) is 0.700. The fourth-order valence-electron chi connectivity index (χ4n) is 1.63. The first-order chi connectivity index (χ1) is 6.59. The van der Waals surface area contributed by atoms with Crippen molar-refractivity contribution in [2.24, 2.45) is 0 Å². The van der Waals surface area contributed by atoms with Crippen molar-refractivity contribution in [1.82, 2.24) is 4.98 Å². The van der Waals surface area contributed by atoms with Crippen LogP contribution in [0.4, 0.5) is 0 Å². The first-order valence-corrected chi connectivity index (χ1v) is 5.64. The summed E-state index contributed by atoms with van der Waals surface area (Å²) in [5.74, 6) is 0. The number of thiazole rings is 1. The fourth-order valence-corrected chi connectivity index (χ4v) is 2.70. The Hall–Kier alpha value is -0.450. The molecule has 1 aromatic heterocycles. The molecular weight excluding hydrogens is 198 g/mol. The summed E-state index contributed by atoms with van der Waals surface area (Å²) in [7, 11) is 0. The summed E-state index contributed by atoms with van der Waals surface area (Å²) in [5.41, 5.74) is 0.406. The van der Waals surface area contributed by atoms with Crippen molar-refractivity contribution in [3.05, 3.63) is 15.6 Å². The number of rotatable bonds is 2. The second-order valence-corrected chi connectivity index (χ2v) is 5.24. The topological polar surface area (TPSA) is 42.4 Å². The van der Waals surface area contributed by atoms with Gasteiger partial charge in [0.15, 0.2) is 0 Å². The first kappa shape index (κ1) is 10.1. The van der Waals surface area contributed by atoms with E-state index in [2.05, 4.69) is 11.9 Å². The quantitative estimate of drug-likeness (QED) is 0.808. The summed E-state index contributed by atoms with van der Waals surface area (Å²) in [6.45, 7) is 5.18. The molecule has 78 valence electrons. The Balaban J connectivity index is 2.10. The lowest BCUT2D eigenvalue weighted by Gasteiger charge is -2.18. The average molecular weight is 213 g/mol. The molecule has 0 saturated carbocycles. The molecule has 1 aromatic rings. The molecule has 4 heteroatoms. The Labute approximate surface area is 87.7 Å². The van der Waals surface area contributed by atoms with Gasteiger partial charge in [-0.2, -0.15) is 0 Å². The maximum absolute atomic E-state index is 10.1. The molecular formula is C10H15NO2S. The minimum absolute atomic E-state index is 0.449. The van der Waals surface area contributed by atoms with Crippen LogP contribution in [0.3, 0.4) is 0 Å². The van der Waals surface area contributed by atoms with Gasteiger partial charge in [0.05, 0.1) is 22.9 Å². The predicted molar refractivity (Wildman–Crippen MR) is 55.7 cm³/mol. The molecule has 0 bridgehead atoms. The molecule has 3 nitrogen and oxygen atoms in total. The van der Waals surface area contributed by atoms with Crippen molar-refractivity contribution >= 4 is 11.3 Å². The third-order valence-electron chi connectivity index (χ3n) is 2.64. The van der Waals surface area contributed by atoms with Crippen molar-refractivity contribution < 1.29 is 9.84 Å². The molecule has 14 heavy (non-hydrogen) atoms. The maximum Gasteiger partial charge on any atom is 0.0965 e. The zero-order valence-electron chi connectivity index (χ0n) is 8.54. The lowest BCUT2D eigenvalue weighted by Crippen LogP contribution is -2.31. The van der Waals surface area contributed by atoms with Crippen LogP contribution < -0.4 is 0 Å². The Morgan fingerprint density at radius 1 is 1.57 bits per heavy atom. The normalized spacial score (nSPS) is 27.1. The van der Waals surface area contributed by atoms with E-state index in [1.165, 1.54) is 4.88 Å². The lowest BCUT2D eigenvalue weighted by molar-refractivity contribution is 0.0270. The molecule has 0 spiro atoms. The molecule has 1 unspecified atom stereocenters. The van der Waals surface area contributed by atoms with Gasteiger partial charge in [0.25, 0.3) is 0 Å². The minimum atomic E-state index is -0.670. The molecule has 1 atom stereocenters. The highest BCUT2D eigenvalue weighted by molar-refractivity contribution is 7.11. The van der Waals surface area contributed by atoms with Gasteiger partial charge in [-0.1, -0.05) is 0 Å². The van der Waals surface area contributed by atoms with E-state index in [0.29, 0.717) is 19.6 Å². The molecule has 1 N–H and O–H groups in total. The van der Waals surface area contributed by atoms with E-state index in [9.17, 15) is 5.11 Å². The lowest BCUT2D eigenvalue weighted by atomic mass is 10.00. The van der Waals surface area contributed by atoms with E-state index in [1.807, 2.05) is 6.92 Å². The van der Waals surface area contributed by atoms with Crippen molar-refractivity contribution in [2.75, 3.05) is 13.2 Å². The van der Waals surface area contributed by atoms with E-state index in [1.54, 1.807) is 11.3 Å². The molecule has 1 saturated heterocycles. The van der Waals surface area contributed by atoms with Crippen LogP contribution in [0.2, 0.25) is 0 Å². The smallest absolute Gasteiger partial charge is 0.0965 e. The number of hydrogen-bond acceptors (Lipinski definition) is 4. The Morgan fingerprint density at radius 2 is 2.36 bits per heavy atom. The first-order valence-electron chi connectivity index (χ1n) is 4.82. The van der Waals surface area contributed by atoms with Crippen LogP contribution in [0.1, 0.15) is 22.0 Å². The van der Waals surface area contributed by atoms with Crippen LogP contribution in [0.15, 0.2) is 0 Å². The van der Waals surface area contributed by atoms with Gasteiger partial charge < -0.3 is 9.84 Å². The van der Waals surface area contributed by atoms with Gasteiger partial charge in [-0.05, 0) is 13.8 Å². The van der Waals surface area contributed by atoms with Gasteiger partial charge in [0.1, 0.15) is 0 Å². The molecule has 2 heterocycles. The van der Waals surface area contributed by atoms with E-state index >= 15 is 0 Å². The second-order valence-electron chi connectivity index (χ2n) is 3.95.